The van der Waals surface area contributed by atoms with Gasteiger partial charge in [0.05, 0.1) is 11.4 Å². The lowest BCUT2D eigenvalue weighted by atomic mass is 9.99. The van der Waals surface area contributed by atoms with Crippen molar-refractivity contribution in [2.24, 2.45) is 4.99 Å². The highest BCUT2D eigenvalue weighted by Crippen LogP contribution is 2.22. The highest BCUT2D eigenvalue weighted by Gasteiger charge is 2.07. The van der Waals surface area contributed by atoms with Gasteiger partial charge in [0, 0.05) is 0 Å². The smallest absolute Gasteiger partial charge is 0.0708 e. The van der Waals surface area contributed by atoms with Crippen molar-refractivity contribution < 1.29 is 0 Å². The second-order valence-corrected chi connectivity index (χ2v) is 9.65. The van der Waals surface area contributed by atoms with Crippen molar-refractivity contribution in [2.45, 2.75) is 27.7 Å². The highest BCUT2D eigenvalue weighted by atomic mass is 14.8. The third-order valence-electron chi connectivity index (χ3n) is 6.63. The molecular formula is C39H39N. The summed E-state index contributed by atoms with van der Waals surface area (Å²) in [5, 5.41) is 0. The van der Waals surface area contributed by atoms with Gasteiger partial charge in [-0.3, -0.25) is 0 Å². The number of hydrogen-bond donors (Lipinski definition) is 0. The number of allylic oxidation sites excluding steroid dienone is 11. The van der Waals surface area contributed by atoms with Crippen molar-refractivity contribution in [1.82, 2.24) is 0 Å². The molecule has 3 aromatic carbocycles. The van der Waals surface area contributed by atoms with Gasteiger partial charge in [-0.2, -0.15) is 0 Å². The summed E-state index contributed by atoms with van der Waals surface area (Å²) in [6.07, 6.45) is 14.2. The van der Waals surface area contributed by atoms with E-state index in [4.69, 9.17) is 4.99 Å². The van der Waals surface area contributed by atoms with E-state index in [-0.39, 0.29) is 0 Å². The summed E-state index contributed by atoms with van der Waals surface area (Å²) in [5.41, 5.74) is 11.1. The maximum Gasteiger partial charge on any atom is 0.0708 e. The SMILES string of the molecule is C=C/C(=C\C=C(/C)c1ccccc1)C(=C)N=C(/C=C(\C)c1ccc(C)cc1)C(/C=C\C(=C)c1ccccc1)=C/C. The van der Waals surface area contributed by atoms with E-state index in [1.54, 1.807) is 6.08 Å². The molecule has 40 heavy (non-hydrogen) atoms. The van der Waals surface area contributed by atoms with Crippen molar-refractivity contribution in [2.75, 3.05) is 0 Å². The van der Waals surface area contributed by atoms with Crippen LogP contribution in [0.5, 0.6) is 0 Å². The Morgan fingerprint density at radius 1 is 0.675 bits per heavy atom. The first-order chi connectivity index (χ1) is 19.3. The van der Waals surface area contributed by atoms with Gasteiger partial charge in [0.2, 0.25) is 0 Å². The molecule has 0 fully saturated rings. The van der Waals surface area contributed by atoms with Gasteiger partial charge in [0.1, 0.15) is 0 Å². The van der Waals surface area contributed by atoms with E-state index in [0.717, 1.165) is 44.7 Å². The Hall–Kier alpha value is -4.75. The van der Waals surface area contributed by atoms with E-state index in [0.29, 0.717) is 5.70 Å². The van der Waals surface area contributed by atoms with Crippen molar-refractivity contribution in [1.29, 1.82) is 0 Å². The van der Waals surface area contributed by atoms with Gasteiger partial charge in [-0.15, -0.1) is 0 Å². The molecule has 0 aliphatic rings. The predicted molar refractivity (Wildman–Crippen MR) is 178 cm³/mol. The van der Waals surface area contributed by atoms with Crippen LogP contribution in [-0.4, -0.2) is 5.71 Å². The molecule has 0 aromatic heterocycles. The Labute approximate surface area is 241 Å². The lowest BCUT2D eigenvalue weighted by molar-refractivity contribution is 1.36. The maximum atomic E-state index is 5.03. The van der Waals surface area contributed by atoms with E-state index in [2.05, 4.69) is 113 Å². The van der Waals surface area contributed by atoms with Crippen molar-refractivity contribution in [3.05, 3.63) is 186 Å². The summed E-state index contributed by atoms with van der Waals surface area (Å²) in [5.74, 6) is 0. The quantitative estimate of drug-likeness (QED) is 0.176. The topological polar surface area (TPSA) is 12.4 Å². The molecule has 0 N–H and O–H groups in total. The first kappa shape index (κ1) is 29.8. The Kier molecular flexibility index (Phi) is 11.2. The summed E-state index contributed by atoms with van der Waals surface area (Å²) in [6, 6.07) is 29.0. The van der Waals surface area contributed by atoms with Crippen LogP contribution in [0.3, 0.4) is 0 Å². The average Bonchev–Trinajstić information content (AvgIpc) is 2.98. The molecule has 1 nitrogen and oxygen atoms in total. The summed E-state index contributed by atoms with van der Waals surface area (Å²) in [4.78, 5) is 5.03. The number of aliphatic imine (C=N–C) groups is 1. The predicted octanol–water partition coefficient (Wildman–Crippen LogP) is 10.8. The van der Waals surface area contributed by atoms with Crippen molar-refractivity contribution >= 4 is 22.4 Å². The normalized spacial score (nSPS) is 13.4. The molecule has 0 saturated carbocycles. The molecule has 0 saturated heterocycles. The minimum Gasteiger partial charge on any atom is -0.248 e. The Bertz CT molecular complexity index is 1520. The molecule has 0 aliphatic heterocycles. The van der Waals surface area contributed by atoms with Crippen LogP contribution >= 0.6 is 0 Å². The summed E-state index contributed by atoms with van der Waals surface area (Å²) < 4.78 is 0. The molecule has 0 unspecified atom stereocenters. The fourth-order valence-corrected chi connectivity index (χ4v) is 4.06. The van der Waals surface area contributed by atoms with Gasteiger partial charge in [-0.1, -0.05) is 147 Å². The minimum atomic E-state index is 0.643. The van der Waals surface area contributed by atoms with Crippen LogP contribution in [0.15, 0.2) is 169 Å². The zero-order chi connectivity index (χ0) is 28.9. The Morgan fingerprint density at radius 2 is 1.25 bits per heavy atom. The van der Waals surface area contributed by atoms with Gasteiger partial charge >= 0.3 is 0 Å². The molecule has 3 aromatic rings. The van der Waals surface area contributed by atoms with Gasteiger partial charge in [-0.25, -0.2) is 4.99 Å². The largest absolute Gasteiger partial charge is 0.248 e. The molecule has 1 heteroatoms. The average molecular weight is 522 g/mol. The molecule has 3 rings (SSSR count). The molecular weight excluding hydrogens is 482 g/mol. The van der Waals surface area contributed by atoms with Crippen LogP contribution in [-0.2, 0) is 0 Å². The second-order valence-electron chi connectivity index (χ2n) is 9.65. The third-order valence-corrected chi connectivity index (χ3v) is 6.63. The number of aryl methyl sites for hydroxylation is 1. The summed E-state index contributed by atoms with van der Waals surface area (Å²) >= 11 is 0. The van der Waals surface area contributed by atoms with Gasteiger partial charge < -0.3 is 0 Å². The molecule has 0 amide bonds. The van der Waals surface area contributed by atoms with Gasteiger partial charge in [0.25, 0.3) is 0 Å². The molecule has 200 valence electrons. The van der Waals surface area contributed by atoms with Gasteiger partial charge in [-0.05, 0) is 78.3 Å². The summed E-state index contributed by atoms with van der Waals surface area (Å²) in [7, 11) is 0. The van der Waals surface area contributed by atoms with Crippen LogP contribution in [0.25, 0.3) is 16.7 Å². The zero-order valence-electron chi connectivity index (χ0n) is 24.2. The monoisotopic (exact) mass is 521 g/mol. The van der Waals surface area contributed by atoms with Crippen LogP contribution in [0.4, 0.5) is 0 Å². The van der Waals surface area contributed by atoms with Crippen molar-refractivity contribution in [3.8, 4) is 0 Å². The van der Waals surface area contributed by atoms with Crippen LogP contribution in [0.1, 0.15) is 43.0 Å². The fraction of sp³-hybridized carbons (Fsp3) is 0.103. The van der Waals surface area contributed by atoms with Gasteiger partial charge in [0.15, 0.2) is 0 Å². The Morgan fingerprint density at radius 3 is 1.82 bits per heavy atom. The minimum absolute atomic E-state index is 0.643. The first-order valence-electron chi connectivity index (χ1n) is 13.5. The van der Waals surface area contributed by atoms with E-state index in [9.17, 15) is 0 Å². The molecule has 0 radical (unpaired) electrons. The molecule has 0 atom stereocenters. The fourth-order valence-electron chi connectivity index (χ4n) is 4.06. The van der Waals surface area contributed by atoms with E-state index in [1.807, 2.05) is 55.5 Å². The van der Waals surface area contributed by atoms with E-state index in [1.165, 1.54) is 11.1 Å². The Balaban J connectivity index is 2.01. The number of nitrogens with zero attached hydrogens (tertiary/aromatic N) is 1. The lowest BCUT2D eigenvalue weighted by Gasteiger charge is -2.10. The standard InChI is InChI=1S/C39H39N/c1-8-34(26-22-30(4)36-16-12-10-13-17-36)33(7)40-39(28-32(6)38-24-20-29(3)21-25-38)35(9-2)27-23-31(5)37-18-14-11-15-19-37/h8-28H,1,5,7H2,2-4,6H3/b27-23-,30-22+,32-28+,34-26+,35-9+,40-39?. The van der Waals surface area contributed by atoms with Crippen LogP contribution in [0, 0.1) is 6.92 Å². The highest BCUT2D eigenvalue weighted by molar-refractivity contribution is 6.14. The number of benzene rings is 3. The molecule has 0 spiro atoms. The zero-order valence-corrected chi connectivity index (χ0v) is 24.2. The van der Waals surface area contributed by atoms with E-state index >= 15 is 0 Å². The molecule has 0 bridgehead atoms. The van der Waals surface area contributed by atoms with Crippen molar-refractivity contribution in [3.63, 3.8) is 0 Å². The number of hydrogen-bond acceptors (Lipinski definition) is 1. The molecule has 0 aliphatic carbocycles. The lowest BCUT2D eigenvalue weighted by Crippen LogP contribution is -2.00. The van der Waals surface area contributed by atoms with Crippen LogP contribution in [0.2, 0.25) is 0 Å². The summed E-state index contributed by atoms with van der Waals surface area (Å²) in [6.45, 7) is 20.9. The maximum absolute atomic E-state index is 5.03. The molecule has 0 heterocycles. The second kappa shape index (κ2) is 15.0. The third kappa shape index (κ3) is 8.64. The first-order valence-corrected chi connectivity index (χ1v) is 13.5. The van der Waals surface area contributed by atoms with Crippen LogP contribution < -0.4 is 0 Å². The number of rotatable bonds is 11. The van der Waals surface area contributed by atoms with E-state index < -0.39 is 0 Å².